The molecule has 3 N–H and O–H groups in total. The zero-order valence-electron chi connectivity index (χ0n) is 33.9. The van der Waals surface area contributed by atoms with Crippen molar-refractivity contribution in [3.8, 4) is 0 Å². The number of methoxy groups -OCH3 is 1. The number of ether oxygens (including phenoxy) is 5. The van der Waals surface area contributed by atoms with E-state index in [1.54, 1.807) is 47.0 Å². The molecule has 3 saturated heterocycles. The number of likely N-dealkylation sites (N-methyl/N-ethyl adjacent to an activating group) is 1. The molecule has 15 heteroatoms. The lowest BCUT2D eigenvalue weighted by atomic mass is 9.79. The molecule has 3 fully saturated rings. The van der Waals surface area contributed by atoms with Gasteiger partial charge in [-0.25, -0.2) is 15.2 Å². The Kier molecular flexibility index (Phi) is 14.6. The van der Waals surface area contributed by atoms with Gasteiger partial charge in [-0.05, 0) is 98.5 Å². The summed E-state index contributed by atoms with van der Waals surface area (Å²) >= 11 is 0. The van der Waals surface area contributed by atoms with Crippen molar-refractivity contribution in [1.29, 1.82) is 0 Å². The maximum absolute atomic E-state index is 14.3. The minimum Gasteiger partial charge on any atom is -0.458 e. The van der Waals surface area contributed by atoms with Gasteiger partial charge < -0.3 is 39.0 Å². The van der Waals surface area contributed by atoms with Gasteiger partial charge in [0.15, 0.2) is 17.7 Å². The molecular formula is C39H63N5O10. The van der Waals surface area contributed by atoms with Crippen LogP contribution in [0.3, 0.4) is 0 Å². The third kappa shape index (κ3) is 9.42. The van der Waals surface area contributed by atoms with Crippen LogP contribution in [0.25, 0.3) is 0 Å². The topological polar surface area (TPSA) is 178 Å². The van der Waals surface area contributed by atoms with Crippen molar-refractivity contribution in [3.05, 3.63) is 30.1 Å². The van der Waals surface area contributed by atoms with E-state index in [1.807, 2.05) is 45.0 Å². The Balaban J connectivity index is 1.69. The predicted molar refractivity (Wildman–Crippen MR) is 199 cm³/mol. The number of nitrogens with one attached hydrogen (secondary N) is 2. The largest absolute Gasteiger partial charge is 0.458 e. The van der Waals surface area contributed by atoms with Gasteiger partial charge in [-0.15, -0.1) is 0 Å². The summed E-state index contributed by atoms with van der Waals surface area (Å²) < 4.78 is 30.9. The maximum atomic E-state index is 14.3. The van der Waals surface area contributed by atoms with E-state index in [-0.39, 0.29) is 30.9 Å². The molecule has 1 aromatic rings. The fraction of sp³-hybridized carbons (Fsp3) is 0.769. The number of aryl methyl sites for hydroxylation is 1. The average molecular weight is 762 g/mol. The normalized spacial score (nSPS) is 38.6. The van der Waals surface area contributed by atoms with E-state index in [9.17, 15) is 24.3 Å². The molecule has 13 atom stereocenters. The third-order valence-electron chi connectivity index (χ3n) is 11.6. The maximum Gasteiger partial charge on any atom is 0.425 e. The second-order valence-corrected chi connectivity index (χ2v) is 16.0. The molecule has 0 saturated carbocycles. The zero-order chi connectivity index (χ0) is 40.1. The summed E-state index contributed by atoms with van der Waals surface area (Å²) in [5.74, 6) is -4.66. The number of fused-ring (bicyclic) bond motifs is 1. The molecule has 0 spiro atoms. The van der Waals surface area contributed by atoms with Gasteiger partial charge in [-0.1, -0.05) is 20.8 Å². The number of hydrazine groups is 1. The van der Waals surface area contributed by atoms with Gasteiger partial charge in [0.05, 0.1) is 23.7 Å². The Labute approximate surface area is 320 Å². The summed E-state index contributed by atoms with van der Waals surface area (Å²) in [6.07, 6.45) is 0.735. The minimum absolute atomic E-state index is 0.185. The van der Waals surface area contributed by atoms with Gasteiger partial charge in [0.2, 0.25) is 5.91 Å². The number of amides is 2. The molecule has 0 bridgehead atoms. The summed E-state index contributed by atoms with van der Waals surface area (Å²) in [4.78, 5) is 61.9. The summed E-state index contributed by atoms with van der Waals surface area (Å²) in [6, 6.07) is 2.17. The quantitative estimate of drug-likeness (QED) is 0.180. The van der Waals surface area contributed by atoms with E-state index in [0.717, 1.165) is 12.0 Å². The Morgan fingerprint density at radius 1 is 1.07 bits per heavy atom. The third-order valence-corrected chi connectivity index (χ3v) is 11.6. The lowest BCUT2D eigenvalue weighted by Gasteiger charge is -2.46. The van der Waals surface area contributed by atoms with Crippen LogP contribution in [0, 0.1) is 17.8 Å². The first-order valence-corrected chi connectivity index (χ1v) is 19.3. The summed E-state index contributed by atoms with van der Waals surface area (Å²) in [5.41, 5.74) is 1.60. The first kappa shape index (κ1) is 43.5. The number of esters is 1. The second kappa shape index (κ2) is 18.2. The van der Waals surface area contributed by atoms with Gasteiger partial charge in [-0.2, -0.15) is 0 Å². The van der Waals surface area contributed by atoms with Crippen LogP contribution in [0.5, 0.6) is 0 Å². The van der Waals surface area contributed by atoms with E-state index in [1.165, 1.54) is 19.0 Å². The molecule has 3 aliphatic rings. The number of hydrogen-bond acceptors (Lipinski definition) is 13. The zero-order valence-corrected chi connectivity index (χ0v) is 33.9. The van der Waals surface area contributed by atoms with E-state index in [2.05, 4.69) is 15.7 Å². The van der Waals surface area contributed by atoms with E-state index < -0.39 is 83.5 Å². The van der Waals surface area contributed by atoms with Crippen LogP contribution in [0.4, 0.5) is 4.79 Å². The number of cyclic esters (lactones) is 1. The molecule has 304 valence electrons. The fourth-order valence-corrected chi connectivity index (χ4v) is 8.44. The predicted octanol–water partition coefficient (Wildman–Crippen LogP) is 3.02. The molecule has 4 heterocycles. The molecule has 0 radical (unpaired) electrons. The van der Waals surface area contributed by atoms with Crippen molar-refractivity contribution >= 4 is 23.8 Å². The van der Waals surface area contributed by atoms with Gasteiger partial charge >= 0.3 is 12.1 Å². The molecule has 1 unspecified atom stereocenters. The average Bonchev–Trinajstić information content (AvgIpc) is 3.39. The van der Waals surface area contributed by atoms with E-state index in [0.29, 0.717) is 19.4 Å². The van der Waals surface area contributed by atoms with Crippen molar-refractivity contribution in [2.24, 2.45) is 17.8 Å². The number of hydrogen-bond donors (Lipinski definition) is 3. The van der Waals surface area contributed by atoms with E-state index >= 15 is 0 Å². The Morgan fingerprint density at radius 3 is 2.35 bits per heavy atom. The number of rotatable bonds is 10. The number of aromatic nitrogens is 1. The van der Waals surface area contributed by atoms with Crippen molar-refractivity contribution in [2.45, 2.75) is 148 Å². The molecular weight excluding hydrogens is 698 g/mol. The molecule has 15 nitrogen and oxygen atoms in total. The summed E-state index contributed by atoms with van der Waals surface area (Å²) in [7, 11) is 5.24. The lowest BCUT2D eigenvalue weighted by Crippen LogP contribution is -2.61. The van der Waals surface area contributed by atoms with Gasteiger partial charge in [-0.3, -0.25) is 19.4 Å². The van der Waals surface area contributed by atoms with Crippen LogP contribution < -0.4 is 10.7 Å². The van der Waals surface area contributed by atoms with Gasteiger partial charge in [0.1, 0.15) is 24.2 Å². The van der Waals surface area contributed by atoms with Crippen LogP contribution >= 0.6 is 0 Å². The first-order valence-electron chi connectivity index (χ1n) is 19.3. The smallest absolute Gasteiger partial charge is 0.425 e. The first-order chi connectivity index (χ1) is 25.4. The number of ketones is 1. The standard InChI is InChI=1S/C39H63N5O10/c1-12-29-39(8)32(44(37(49)54-39)41-17-13-14-27-15-18-40-19-16-27)26(6)34(47)42-22(2)21-38(7,50-11)33(24(4)30(45)25(5)35(48)52-29)53-36-31(46)28(43(9)10)20-23(3)51-36/h15-16,18-19,22-26,28-29,31-33,36,41,46H,12-14,17,20-21H2,1-11H3,(H,42,47)/t22-,23-,24+,25-,26?,28+,29-,31-,32-,33-,36+,38+,39-/m1/s1. The summed E-state index contributed by atoms with van der Waals surface area (Å²) in [6.45, 7) is 14.2. The number of Topliss-reactive ketones (excluding diaryl/α,β-unsaturated/α-hetero) is 1. The fourth-order valence-electron chi connectivity index (χ4n) is 8.44. The molecule has 3 aliphatic heterocycles. The monoisotopic (exact) mass is 761 g/mol. The molecule has 4 rings (SSSR count). The number of carbonyl (C=O) groups is 4. The Hall–Kier alpha value is -3.21. The second-order valence-electron chi connectivity index (χ2n) is 16.0. The van der Waals surface area contributed by atoms with Gasteiger partial charge in [0, 0.05) is 44.0 Å². The number of aliphatic hydroxyl groups is 1. The molecule has 0 aliphatic carbocycles. The highest BCUT2D eigenvalue weighted by molar-refractivity contribution is 6.00. The lowest BCUT2D eigenvalue weighted by molar-refractivity contribution is -0.295. The molecule has 1 aromatic heterocycles. The number of carbonyl (C=O) groups excluding carboxylic acids is 4. The van der Waals surface area contributed by atoms with Crippen molar-refractivity contribution < 1.29 is 48.0 Å². The molecule has 2 amide bonds. The van der Waals surface area contributed by atoms with Crippen LogP contribution in [0.1, 0.15) is 86.6 Å². The van der Waals surface area contributed by atoms with Crippen molar-refractivity contribution in [2.75, 3.05) is 27.7 Å². The molecule has 54 heavy (non-hydrogen) atoms. The van der Waals surface area contributed by atoms with Crippen LogP contribution in [0.15, 0.2) is 24.5 Å². The van der Waals surface area contributed by atoms with Crippen LogP contribution in [0.2, 0.25) is 0 Å². The summed E-state index contributed by atoms with van der Waals surface area (Å²) in [5, 5.41) is 15.8. The highest BCUT2D eigenvalue weighted by Crippen LogP contribution is 2.40. The Bertz CT molecular complexity index is 1450. The highest BCUT2D eigenvalue weighted by Gasteiger charge is 2.60. The Morgan fingerprint density at radius 2 is 1.74 bits per heavy atom. The van der Waals surface area contributed by atoms with Crippen LogP contribution in [-0.4, -0.2) is 132 Å². The van der Waals surface area contributed by atoms with E-state index in [4.69, 9.17) is 23.7 Å². The number of pyridine rings is 1. The molecule has 0 aromatic carbocycles. The van der Waals surface area contributed by atoms with Crippen molar-refractivity contribution in [3.63, 3.8) is 0 Å². The van der Waals surface area contributed by atoms with Crippen molar-refractivity contribution in [1.82, 2.24) is 25.6 Å². The number of nitrogens with zero attached hydrogens (tertiary/aromatic N) is 3. The number of aliphatic hydroxyl groups excluding tert-OH is 1. The van der Waals surface area contributed by atoms with Crippen LogP contribution in [-0.2, 0) is 44.5 Å². The SMILES string of the molecule is CC[C@H]1OC(=O)[C@H](C)C(=O)[C@H](C)[C@@H](O[C@@H]2O[C@H](C)C[C@H](N(C)C)[C@H]2O)[C@@](C)(OC)C[C@@H](C)NC(=O)C(C)[C@H]2N(NCCCc3ccncc3)C(=O)O[C@]12C. The van der Waals surface area contributed by atoms with Gasteiger partial charge in [0.25, 0.3) is 0 Å². The highest BCUT2D eigenvalue weighted by atomic mass is 16.7. The minimum atomic E-state index is -1.46.